The number of halogens is 2. The number of aliphatic carboxylic acids is 1. The molecule has 1 aliphatic heterocycles. The lowest BCUT2D eigenvalue weighted by Crippen LogP contribution is -2.58. The smallest absolute Gasteiger partial charge is 0.306 e. The van der Waals surface area contributed by atoms with Gasteiger partial charge in [0.25, 0.3) is 5.91 Å². The molecule has 2 aliphatic rings. The van der Waals surface area contributed by atoms with Crippen LogP contribution < -0.4 is 4.31 Å². The molecule has 1 saturated heterocycles. The van der Waals surface area contributed by atoms with E-state index in [1.54, 1.807) is 77.7 Å². The van der Waals surface area contributed by atoms with E-state index >= 15 is 0 Å². The average molecular weight is 657 g/mol. The van der Waals surface area contributed by atoms with Gasteiger partial charge in [-0.3, -0.25) is 13.9 Å². The van der Waals surface area contributed by atoms with Crippen LogP contribution in [0.2, 0.25) is 10.0 Å². The monoisotopic (exact) mass is 655 g/mol. The van der Waals surface area contributed by atoms with Gasteiger partial charge in [0.2, 0.25) is 10.0 Å². The number of carboxylic acids is 1. The predicted molar refractivity (Wildman–Crippen MR) is 167 cm³/mol. The molecule has 4 atom stereocenters. The summed E-state index contributed by atoms with van der Waals surface area (Å²) in [5.74, 6) is -1.79. The van der Waals surface area contributed by atoms with Crippen molar-refractivity contribution < 1.29 is 27.9 Å². The molecule has 3 aromatic carbocycles. The minimum Gasteiger partial charge on any atom is -0.481 e. The summed E-state index contributed by atoms with van der Waals surface area (Å²) in [7, 11) is -3.88. The molecule has 9 nitrogen and oxygen atoms in total. The van der Waals surface area contributed by atoms with Gasteiger partial charge in [-0.25, -0.2) is 8.42 Å². The lowest BCUT2D eigenvalue weighted by Gasteiger charge is -2.48. The van der Waals surface area contributed by atoms with Crippen LogP contribution in [-0.4, -0.2) is 54.2 Å². The number of sulfonamides is 1. The number of ether oxygens (including phenoxy) is 1. The topological polar surface area (TPSA) is 128 Å². The van der Waals surface area contributed by atoms with Crippen molar-refractivity contribution in [3.8, 4) is 6.07 Å². The number of anilines is 1. The van der Waals surface area contributed by atoms with E-state index in [1.165, 1.54) is 4.31 Å². The number of hydrogen-bond acceptors (Lipinski definition) is 6. The number of carbonyl (C=O) groups excluding carboxylic acids is 1. The Hall–Kier alpha value is -3.62. The minimum absolute atomic E-state index is 0.147. The maximum atomic E-state index is 14.3. The quantitative estimate of drug-likeness (QED) is 0.263. The van der Waals surface area contributed by atoms with Gasteiger partial charge < -0.3 is 14.7 Å². The van der Waals surface area contributed by atoms with Crippen LogP contribution in [0.15, 0.2) is 72.8 Å². The standard InChI is InChI=1S/C32H31Cl2N3O6S/c1-2-25(19-36(44(41,42)26-14-15-26)27-9-4-3-6-22(27)18-35)37-30(20-10-12-23(33)13-11-20)31(21-7-5-8-24(34)16-21)43-28(32(37)40)17-29(38)39/h3-13,16,25-26,28,30-31H,2,14-15,17,19H2,1H3,(H,38,39)/t25-,28+,30+,31+/m0/s1. The molecule has 1 saturated carbocycles. The van der Waals surface area contributed by atoms with Gasteiger partial charge in [0.1, 0.15) is 18.3 Å². The Morgan fingerprint density at radius 2 is 1.77 bits per heavy atom. The van der Waals surface area contributed by atoms with Crippen LogP contribution in [0.25, 0.3) is 0 Å². The summed E-state index contributed by atoms with van der Waals surface area (Å²) >= 11 is 12.6. The Bertz CT molecular complexity index is 1690. The van der Waals surface area contributed by atoms with E-state index in [0.717, 1.165) is 0 Å². The van der Waals surface area contributed by atoms with Gasteiger partial charge in [-0.1, -0.05) is 66.5 Å². The molecule has 0 unspecified atom stereocenters. The van der Waals surface area contributed by atoms with Gasteiger partial charge in [0.05, 0.1) is 41.6 Å². The highest BCUT2D eigenvalue weighted by Gasteiger charge is 2.49. The van der Waals surface area contributed by atoms with Crippen LogP contribution in [0.1, 0.15) is 61.4 Å². The molecule has 0 radical (unpaired) electrons. The Kier molecular flexibility index (Phi) is 9.51. The minimum atomic E-state index is -3.88. The first-order valence-electron chi connectivity index (χ1n) is 14.3. The molecule has 44 heavy (non-hydrogen) atoms. The van der Waals surface area contributed by atoms with Crippen LogP contribution in [0.4, 0.5) is 5.69 Å². The van der Waals surface area contributed by atoms with Crippen molar-refractivity contribution in [3.05, 3.63) is 99.5 Å². The fourth-order valence-corrected chi connectivity index (χ4v) is 7.91. The number of hydrogen-bond donors (Lipinski definition) is 1. The highest BCUT2D eigenvalue weighted by molar-refractivity contribution is 7.93. The van der Waals surface area contributed by atoms with E-state index in [9.17, 15) is 28.4 Å². The highest BCUT2D eigenvalue weighted by Crippen LogP contribution is 2.45. The van der Waals surface area contributed by atoms with E-state index in [2.05, 4.69) is 6.07 Å². The lowest BCUT2D eigenvalue weighted by atomic mass is 9.89. The van der Waals surface area contributed by atoms with Gasteiger partial charge in [-0.2, -0.15) is 5.26 Å². The first-order chi connectivity index (χ1) is 21.0. The zero-order valence-corrected chi connectivity index (χ0v) is 26.2. The number of nitrogens with zero attached hydrogens (tertiary/aromatic N) is 3. The van der Waals surface area contributed by atoms with Crippen molar-refractivity contribution in [1.29, 1.82) is 5.26 Å². The molecular formula is C32H31Cl2N3O6S. The van der Waals surface area contributed by atoms with Crippen LogP contribution in [0, 0.1) is 11.3 Å². The van der Waals surface area contributed by atoms with E-state index in [0.29, 0.717) is 40.4 Å². The summed E-state index contributed by atoms with van der Waals surface area (Å²) < 4.78 is 35.3. The molecule has 3 aromatic rings. The van der Waals surface area contributed by atoms with E-state index < -0.39 is 57.9 Å². The Labute approximate surface area is 266 Å². The van der Waals surface area contributed by atoms with Gasteiger partial charge in [0.15, 0.2) is 0 Å². The number of nitriles is 1. The third-order valence-corrected chi connectivity index (χ3v) is 10.7. The van der Waals surface area contributed by atoms with Gasteiger partial charge in [-0.05, 0) is 66.8 Å². The molecule has 0 spiro atoms. The maximum absolute atomic E-state index is 14.3. The Balaban J connectivity index is 1.67. The van der Waals surface area contributed by atoms with Crippen LogP contribution in [0.5, 0.6) is 0 Å². The molecule has 1 heterocycles. The number of amides is 1. The number of para-hydroxylation sites is 1. The van der Waals surface area contributed by atoms with Crippen molar-refractivity contribution in [3.63, 3.8) is 0 Å². The third-order valence-electron chi connectivity index (χ3n) is 7.96. The average Bonchev–Trinajstić information content (AvgIpc) is 3.86. The molecule has 1 N–H and O–H groups in total. The number of rotatable bonds is 11. The van der Waals surface area contributed by atoms with Gasteiger partial charge >= 0.3 is 5.97 Å². The zero-order valence-electron chi connectivity index (χ0n) is 23.8. The lowest BCUT2D eigenvalue weighted by molar-refractivity contribution is -0.183. The Morgan fingerprint density at radius 1 is 1.07 bits per heavy atom. The second-order valence-electron chi connectivity index (χ2n) is 10.9. The molecule has 5 rings (SSSR count). The van der Waals surface area contributed by atoms with Crippen molar-refractivity contribution in [2.45, 2.75) is 62.1 Å². The summed E-state index contributed by atoms with van der Waals surface area (Å²) in [6, 6.07) is 20.9. The SMILES string of the molecule is CC[C@@H](CN(c1ccccc1C#N)S(=O)(=O)C1CC1)N1C(=O)[C@@H](CC(=O)O)O[C@H](c2cccc(Cl)c2)[C@H]1c1ccc(Cl)cc1. The molecular weight excluding hydrogens is 625 g/mol. The summed E-state index contributed by atoms with van der Waals surface area (Å²) in [5.41, 5.74) is 1.71. The largest absolute Gasteiger partial charge is 0.481 e. The van der Waals surface area contributed by atoms with E-state index in [-0.39, 0.29) is 17.8 Å². The van der Waals surface area contributed by atoms with Gasteiger partial charge in [0, 0.05) is 10.0 Å². The summed E-state index contributed by atoms with van der Waals surface area (Å²) in [5, 5.41) is 19.9. The van der Waals surface area contributed by atoms with E-state index in [4.69, 9.17) is 27.9 Å². The summed E-state index contributed by atoms with van der Waals surface area (Å²) in [4.78, 5) is 27.7. The van der Waals surface area contributed by atoms with Crippen LogP contribution in [0.3, 0.4) is 0 Å². The summed E-state index contributed by atoms with van der Waals surface area (Å²) in [6.07, 6.45) is -1.43. The third kappa shape index (κ3) is 6.57. The molecule has 230 valence electrons. The van der Waals surface area contributed by atoms with Crippen LogP contribution >= 0.6 is 23.2 Å². The number of benzene rings is 3. The molecule has 2 fully saturated rings. The number of carbonyl (C=O) groups is 2. The zero-order chi connectivity index (χ0) is 31.6. The van der Waals surface area contributed by atoms with Crippen LogP contribution in [-0.2, 0) is 24.3 Å². The van der Waals surface area contributed by atoms with Gasteiger partial charge in [-0.15, -0.1) is 0 Å². The van der Waals surface area contributed by atoms with Crippen molar-refractivity contribution >= 4 is 50.8 Å². The fraction of sp³-hybridized carbons (Fsp3) is 0.344. The molecule has 1 aliphatic carbocycles. The normalized spacial score (nSPS) is 21.0. The fourth-order valence-electron chi connectivity index (χ4n) is 5.68. The molecule has 12 heteroatoms. The Morgan fingerprint density at radius 3 is 2.39 bits per heavy atom. The molecule has 1 amide bonds. The second kappa shape index (κ2) is 13.2. The predicted octanol–water partition coefficient (Wildman–Crippen LogP) is 6.13. The van der Waals surface area contributed by atoms with Crippen molar-refractivity contribution in [1.82, 2.24) is 4.90 Å². The van der Waals surface area contributed by atoms with E-state index in [1.807, 2.05) is 6.92 Å². The first-order valence-corrected chi connectivity index (χ1v) is 16.5. The highest BCUT2D eigenvalue weighted by atomic mass is 35.5. The number of morpholine rings is 1. The molecule has 0 aromatic heterocycles. The second-order valence-corrected chi connectivity index (χ2v) is 13.9. The van der Waals surface area contributed by atoms with Crippen molar-refractivity contribution in [2.24, 2.45) is 0 Å². The maximum Gasteiger partial charge on any atom is 0.306 e. The molecule has 0 bridgehead atoms. The first kappa shape index (κ1) is 31.8. The number of carboxylic acid groups (broad SMARTS) is 1. The summed E-state index contributed by atoms with van der Waals surface area (Å²) in [6.45, 7) is 1.69. The van der Waals surface area contributed by atoms with Crippen molar-refractivity contribution in [2.75, 3.05) is 10.8 Å².